The van der Waals surface area contributed by atoms with Crippen LogP contribution in [0.3, 0.4) is 0 Å². The maximum absolute atomic E-state index is 13.6. The molecule has 4 aromatic heterocycles. The second-order valence-electron chi connectivity index (χ2n) is 9.00. The number of hydrogen-bond donors (Lipinski definition) is 2. The Labute approximate surface area is 234 Å². The Bertz CT molecular complexity index is 1610. The van der Waals surface area contributed by atoms with E-state index in [1.54, 1.807) is 6.07 Å². The molecule has 0 spiro atoms. The van der Waals surface area contributed by atoms with Crippen LogP contribution < -0.4 is 11.1 Å². The molecule has 7 nitrogen and oxygen atoms in total. The number of halogens is 6. The van der Waals surface area contributed by atoms with Gasteiger partial charge in [-0.15, -0.1) is 22.7 Å². The number of aromatic nitrogens is 3. The Morgan fingerprint density at radius 2 is 1.97 bits per heavy atom. The molecule has 5 rings (SSSR count). The van der Waals surface area contributed by atoms with Crippen molar-refractivity contribution in [2.24, 2.45) is 5.73 Å². The highest BCUT2D eigenvalue weighted by Crippen LogP contribution is 2.47. The molecule has 4 aromatic rings. The number of hydrogen-bond acceptors (Lipinski definition) is 6. The van der Waals surface area contributed by atoms with Crippen molar-refractivity contribution in [2.45, 2.75) is 51.3 Å². The number of nitrogens with two attached hydrogens (primary N) is 1. The van der Waals surface area contributed by atoms with E-state index in [9.17, 15) is 31.5 Å². The van der Waals surface area contributed by atoms with Crippen LogP contribution in [0.4, 0.5) is 27.6 Å². The van der Waals surface area contributed by atoms with Gasteiger partial charge in [-0.25, -0.2) is 13.8 Å². The maximum Gasteiger partial charge on any atom is 0.436 e. The number of nitrogens with one attached hydrogen (secondary N) is 1. The van der Waals surface area contributed by atoms with Crippen molar-refractivity contribution in [3.05, 3.63) is 49.5 Å². The lowest BCUT2D eigenvalue weighted by Crippen LogP contribution is -2.19. The number of primary amides is 1. The Morgan fingerprint density at radius 3 is 2.54 bits per heavy atom. The maximum atomic E-state index is 13.6. The molecule has 1 fully saturated rings. The molecule has 0 radical (unpaired) electrons. The van der Waals surface area contributed by atoms with Crippen LogP contribution in [0, 0.1) is 6.92 Å². The number of nitrogens with zero attached hydrogens (tertiary/aromatic N) is 3. The van der Waals surface area contributed by atoms with Crippen molar-refractivity contribution >= 4 is 66.3 Å². The van der Waals surface area contributed by atoms with Gasteiger partial charge in [0.25, 0.3) is 12.3 Å². The second kappa shape index (κ2) is 10.2. The second-order valence-corrected chi connectivity index (χ2v) is 12.1. The van der Waals surface area contributed by atoms with E-state index in [0.29, 0.717) is 16.1 Å². The third-order valence-electron chi connectivity index (χ3n) is 6.11. The Balaban J connectivity index is 1.50. The highest BCUT2D eigenvalue weighted by Gasteiger charge is 2.41. The SMILES string of the molecule is Cc1ccc(-c2cc(C(F)F)nc3sc(C(N)=O)c(NC(=O)CCn4nc(C(F)(F)F)c(Br)c4C4CC4)c23)s1. The predicted octanol–water partition coefficient (Wildman–Crippen LogP) is 7.25. The number of fused-ring (bicyclic) bond motifs is 1. The molecule has 0 unspecified atom stereocenters. The molecule has 1 aliphatic rings. The van der Waals surface area contributed by atoms with E-state index in [1.807, 2.05) is 13.0 Å². The van der Waals surface area contributed by atoms with Crippen LogP contribution in [0.15, 0.2) is 22.7 Å². The zero-order chi connectivity index (χ0) is 28.2. The van der Waals surface area contributed by atoms with Crippen molar-refractivity contribution in [2.75, 3.05) is 5.32 Å². The van der Waals surface area contributed by atoms with Gasteiger partial charge in [0.05, 0.1) is 22.4 Å². The minimum atomic E-state index is -4.66. The zero-order valence-corrected chi connectivity index (χ0v) is 23.3. The number of amides is 2. The molecule has 1 aliphatic carbocycles. The first-order chi connectivity index (χ1) is 18.3. The molecule has 0 saturated heterocycles. The minimum Gasteiger partial charge on any atom is -0.365 e. The topological polar surface area (TPSA) is 103 Å². The summed E-state index contributed by atoms with van der Waals surface area (Å²) >= 11 is 5.14. The van der Waals surface area contributed by atoms with Crippen LogP contribution in [-0.2, 0) is 17.5 Å². The van der Waals surface area contributed by atoms with E-state index < -0.39 is 35.8 Å². The Hall–Kier alpha value is -2.91. The van der Waals surface area contributed by atoms with Crippen molar-refractivity contribution in [1.29, 1.82) is 0 Å². The molecule has 3 N–H and O–H groups in total. The highest BCUT2D eigenvalue weighted by molar-refractivity contribution is 9.10. The van der Waals surface area contributed by atoms with Crippen LogP contribution in [0.5, 0.6) is 0 Å². The fraction of sp³-hybridized carbons (Fsp3) is 0.333. The molecule has 2 amide bonds. The summed E-state index contributed by atoms with van der Waals surface area (Å²) in [6.07, 6.45) is -6.37. The summed E-state index contributed by atoms with van der Waals surface area (Å²) in [7, 11) is 0. The van der Waals surface area contributed by atoms with Gasteiger partial charge < -0.3 is 11.1 Å². The minimum absolute atomic E-state index is 0.0295. The summed E-state index contributed by atoms with van der Waals surface area (Å²) in [5, 5.41) is 6.63. The standard InChI is InChI=1S/C24H19BrF5N5O2S2/c1-9-2-5-13(38-9)11-8-12(21(26)27)32-23-15(11)17(19(39-23)22(31)37)33-14(36)6-7-35-18(10-3-4-10)16(25)20(34-35)24(28,29)30/h2,5,8,10,21H,3-4,6-7H2,1H3,(H2,31,37)(H,33,36). The molecule has 4 heterocycles. The first-order valence-electron chi connectivity index (χ1n) is 11.6. The first-order valence-corrected chi connectivity index (χ1v) is 14.0. The lowest BCUT2D eigenvalue weighted by atomic mass is 10.1. The molecule has 0 aromatic carbocycles. The monoisotopic (exact) mass is 647 g/mol. The van der Waals surface area contributed by atoms with Crippen molar-refractivity contribution in [3.8, 4) is 10.4 Å². The molecule has 0 aliphatic heterocycles. The van der Waals surface area contributed by atoms with E-state index >= 15 is 0 Å². The Morgan fingerprint density at radius 1 is 1.26 bits per heavy atom. The largest absolute Gasteiger partial charge is 0.436 e. The van der Waals surface area contributed by atoms with Crippen LogP contribution in [0.2, 0.25) is 0 Å². The van der Waals surface area contributed by atoms with E-state index in [-0.39, 0.29) is 44.1 Å². The first kappa shape index (κ1) is 27.6. The van der Waals surface area contributed by atoms with Gasteiger partial charge in [0.15, 0.2) is 5.69 Å². The van der Waals surface area contributed by atoms with Crippen molar-refractivity contribution in [1.82, 2.24) is 14.8 Å². The van der Waals surface area contributed by atoms with Gasteiger partial charge in [-0.2, -0.15) is 18.3 Å². The van der Waals surface area contributed by atoms with Gasteiger partial charge in [-0.05, 0) is 53.9 Å². The van der Waals surface area contributed by atoms with Gasteiger partial charge >= 0.3 is 6.18 Å². The lowest BCUT2D eigenvalue weighted by molar-refractivity contribution is -0.142. The number of alkyl halides is 5. The number of carbonyl (C=O) groups excluding carboxylic acids is 2. The third kappa shape index (κ3) is 5.43. The molecule has 0 atom stereocenters. The number of pyridine rings is 1. The quantitative estimate of drug-likeness (QED) is 0.197. The van der Waals surface area contributed by atoms with Crippen LogP contribution >= 0.6 is 38.6 Å². The third-order valence-corrected chi connectivity index (χ3v) is 9.03. The van der Waals surface area contributed by atoms with E-state index in [4.69, 9.17) is 5.73 Å². The van der Waals surface area contributed by atoms with Crippen molar-refractivity contribution in [3.63, 3.8) is 0 Å². The van der Waals surface area contributed by atoms with E-state index in [1.165, 1.54) is 22.1 Å². The average Bonchev–Trinajstić information content (AvgIpc) is 3.32. The molecule has 15 heteroatoms. The molecule has 0 bridgehead atoms. The Kier molecular flexibility index (Phi) is 7.26. The fourth-order valence-electron chi connectivity index (χ4n) is 4.26. The van der Waals surface area contributed by atoms with E-state index in [0.717, 1.165) is 29.1 Å². The molecule has 1 saturated carbocycles. The smallest absolute Gasteiger partial charge is 0.365 e. The highest BCUT2D eigenvalue weighted by atomic mass is 79.9. The van der Waals surface area contributed by atoms with Gasteiger partial charge in [0.2, 0.25) is 5.91 Å². The number of thiophene rings is 2. The van der Waals surface area contributed by atoms with Gasteiger partial charge in [-0.3, -0.25) is 14.3 Å². The normalized spacial score (nSPS) is 13.9. The number of aryl methyl sites for hydroxylation is 2. The number of anilines is 1. The zero-order valence-electron chi connectivity index (χ0n) is 20.0. The summed E-state index contributed by atoms with van der Waals surface area (Å²) in [4.78, 5) is 30.9. The molecule has 39 heavy (non-hydrogen) atoms. The average molecular weight is 648 g/mol. The van der Waals surface area contributed by atoms with Crippen LogP contribution in [-0.4, -0.2) is 26.6 Å². The summed E-state index contributed by atoms with van der Waals surface area (Å²) < 4.78 is 68.6. The fourth-order valence-corrected chi connectivity index (χ4v) is 6.99. The number of rotatable bonds is 8. The summed E-state index contributed by atoms with van der Waals surface area (Å²) in [6, 6.07) is 4.76. The predicted molar refractivity (Wildman–Crippen MR) is 141 cm³/mol. The van der Waals surface area contributed by atoms with Gasteiger partial charge in [0, 0.05) is 33.0 Å². The van der Waals surface area contributed by atoms with E-state index in [2.05, 4.69) is 31.3 Å². The summed E-state index contributed by atoms with van der Waals surface area (Å²) in [5.41, 5.74) is 4.77. The summed E-state index contributed by atoms with van der Waals surface area (Å²) in [6.45, 7) is 1.70. The van der Waals surface area contributed by atoms with Crippen LogP contribution in [0.25, 0.3) is 20.7 Å². The number of carbonyl (C=O) groups is 2. The van der Waals surface area contributed by atoms with Crippen molar-refractivity contribution < 1.29 is 31.5 Å². The molecular weight excluding hydrogens is 629 g/mol. The molecule has 206 valence electrons. The van der Waals surface area contributed by atoms with Gasteiger partial charge in [0.1, 0.15) is 15.4 Å². The molecular formula is C24H19BrF5N5O2S2. The van der Waals surface area contributed by atoms with Crippen LogP contribution in [0.1, 0.15) is 63.2 Å². The van der Waals surface area contributed by atoms with Gasteiger partial charge in [-0.1, -0.05) is 0 Å². The lowest BCUT2D eigenvalue weighted by Gasteiger charge is -2.11. The summed E-state index contributed by atoms with van der Waals surface area (Å²) in [5.74, 6) is -1.59.